The summed E-state index contributed by atoms with van der Waals surface area (Å²) in [6, 6.07) is 12.8. The van der Waals surface area contributed by atoms with Crippen LogP contribution in [0.4, 0.5) is 15.3 Å². The van der Waals surface area contributed by atoms with Crippen LogP contribution in [0.2, 0.25) is 0 Å². The average molecular weight is 396 g/mol. The summed E-state index contributed by atoms with van der Waals surface area (Å²) in [4.78, 5) is 23.8. The van der Waals surface area contributed by atoms with Crippen LogP contribution in [0.1, 0.15) is 55.8 Å². The molecular weight excluding hydrogens is 368 g/mol. The molecule has 29 heavy (non-hydrogen) atoms. The van der Waals surface area contributed by atoms with Gasteiger partial charge in [-0.15, -0.1) is 0 Å². The zero-order valence-electron chi connectivity index (χ0n) is 17.0. The number of anilines is 1. The van der Waals surface area contributed by atoms with Crippen molar-refractivity contribution in [3.63, 3.8) is 0 Å². The van der Waals surface area contributed by atoms with E-state index in [4.69, 9.17) is 9.47 Å². The minimum absolute atomic E-state index is 0.0475. The van der Waals surface area contributed by atoms with Gasteiger partial charge in [-0.05, 0) is 80.0 Å². The molecule has 0 aliphatic heterocycles. The summed E-state index contributed by atoms with van der Waals surface area (Å²) in [6.45, 7) is 4.02. The van der Waals surface area contributed by atoms with E-state index in [2.05, 4.69) is 35.8 Å². The first kappa shape index (κ1) is 20.7. The van der Waals surface area contributed by atoms with E-state index in [1.807, 2.05) is 0 Å². The molecule has 1 aliphatic carbocycles. The first-order valence-corrected chi connectivity index (χ1v) is 10.2. The number of benzene rings is 2. The third-order valence-electron chi connectivity index (χ3n) is 5.06. The van der Waals surface area contributed by atoms with Crippen molar-refractivity contribution < 1.29 is 19.1 Å². The molecule has 0 saturated carbocycles. The number of hydrogen-bond donors (Lipinski definition) is 2. The monoisotopic (exact) mass is 396 g/mol. The maximum absolute atomic E-state index is 12.5. The van der Waals surface area contributed by atoms with Gasteiger partial charge in [0.05, 0.1) is 12.6 Å². The lowest BCUT2D eigenvalue weighted by Gasteiger charge is -2.22. The van der Waals surface area contributed by atoms with Gasteiger partial charge in [0, 0.05) is 5.69 Å². The highest BCUT2D eigenvalue weighted by Crippen LogP contribution is 2.26. The number of carbonyl (C=O) groups excluding carboxylic acids is 2. The van der Waals surface area contributed by atoms with Gasteiger partial charge >= 0.3 is 12.2 Å². The molecule has 0 aromatic heterocycles. The van der Waals surface area contributed by atoms with Crippen LogP contribution in [0.5, 0.6) is 5.75 Å². The molecular formula is C23H28N2O4. The minimum Gasteiger partial charge on any atom is -0.434 e. The van der Waals surface area contributed by atoms with Gasteiger partial charge in [0.15, 0.2) is 0 Å². The first-order valence-electron chi connectivity index (χ1n) is 10.2. The molecule has 1 aliphatic rings. The Labute approximate surface area is 171 Å². The molecule has 1 atom stereocenters. The quantitative estimate of drug-likeness (QED) is 0.508. The van der Waals surface area contributed by atoms with Crippen molar-refractivity contribution in [1.29, 1.82) is 0 Å². The molecule has 2 amide bonds. The summed E-state index contributed by atoms with van der Waals surface area (Å²) in [5.41, 5.74) is 4.59. The maximum atomic E-state index is 12.5. The van der Waals surface area contributed by atoms with Crippen molar-refractivity contribution >= 4 is 17.9 Å². The molecule has 0 bridgehead atoms. The predicted molar refractivity (Wildman–Crippen MR) is 112 cm³/mol. The second kappa shape index (κ2) is 9.96. The number of rotatable bonds is 6. The molecule has 3 rings (SSSR count). The van der Waals surface area contributed by atoms with Crippen LogP contribution in [-0.4, -0.2) is 18.8 Å². The molecule has 0 radical (unpaired) electrons. The number of urea groups is 1. The fourth-order valence-corrected chi connectivity index (χ4v) is 3.57. The Balaban J connectivity index is 1.58. The van der Waals surface area contributed by atoms with Gasteiger partial charge in [-0.3, -0.25) is 0 Å². The van der Waals surface area contributed by atoms with Crippen molar-refractivity contribution in [3.8, 4) is 5.75 Å². The highest BCUT2D eigenvalue weighted by atomic mass is 16.7. The normalized spacial score (nSPS) is 13.7. The Morgan fingerprint density at radius 3 is 2.41 bits per heavy atom. The number of aryl methyl sites for hydroxylation is 2. The molecule has 2 aromatic carbocycles. The highest BCUT2D eigenvalue weighted by molar-refractivity contribution is 5.89. The zero-order chi connectivity index (χ0) is 20.6. The van der Waals surface area contributed by atoms with E-state index >= 15 is 0 Å². The summed E-state index contributed by atoms with van der Waals surface area (Å²) in [5.74, 6) is 0.356. The lowest BCUT2D eigenvalue weighted by Crippen LogP contribution is -2.32. The SMILES string of the molecule is CCOC(=O)Oc1ccc(NC(=O)NC(CC)c2ccc3c(c2)CCCC3)cc1. The number of carbonyl (C=O) groups is 2. The Bertz CT molecular complexity index is 848. The van der Waals surface area contributed by atoms with Crippen molar-refractivity contribution in [2.75, 3.05) is 11.9 Å². The maximum Gasteiger partial charge on any atom is 0.513 e. The van der Waals surface area contributed by atoms with Crippen molar-refractivity contribution in [2.24, 2.45) is 0 Å². The average Bonchev–Trinajstić information content (AvgIpc) is 2.73. The molecule has 6 heteroatoms. The van der Waals surface area contributed by atoms with Crippen LogP contribution < -0.4 is 15.4 Å². The smallest absolute Gasteiger partial charge is 0.434 e. The second-order valence-electron chi connectivity index (χ2n) is 7.10. The minimum atomic E-state index is -0.748. The van der Waals surface area contributed by atoms with E-state index in [-0.39, 0.29) is 18.7 Å². The molecule has 6 nitrogen and oxygen atoms in total. The number of nitrogens with one attached hydrogen (secondary N) is 2. The summed E-state index contributed by atoms with van der Waals surface area (Å²) < 4.78 is 9.74. The van der Waals surface area contributed by atoms with E-state index in [0.717, 1.165) is 24.8 Å². The van der Waals surface area contributed by atoms with E-state index in [9.17, 15) is 9.59 Å². The highest BCUT2D eigenvalue weighted by Gasteiger charge is 2.16. The van der Waals surface area contributed by atoms with Gasteiger partial charge in [-0.1, -0.05) is 25.1 Å². The lowest BCUT2D eigenvalue weighted by molar-refractivity contribution is 0.104. The first-order chi connectivity index (χ1) is 14.1. The van der Waals surface area contributed by atoms with Crippen LogP contribution in [0, 0.1) is 0 Å². The van der Waals surface area contributed by atoms with Gasteiger partial charge in [0.25, 0.3) is 0 Å². The Hall–Kier alpha value is -3.02. The molecule has 0 heterocycles. The van der Waals surface area contributed by atoms with E-state index in [1.54, 1.807) is 31.2 Å². The Kier molecular flexibility index (Phi) is 7.11. The van der Waals surface area contributed by atoms with Crippen LogP contribution in [0.25, 0.3) is 0 Å². The second-order valence-corrected chi connectivity index (χ2v) is 7.10. The van der Waals surface area contributed by atoms with Gasteiger partial charge in [-0.2, -0.15) is 0 Å². The number of amides is 2. The van der Waals surface area contributed by atoms with Crippen molar-refractivity contribution in [1.82, 2.24) is 5.32 Å². The number of hydrogen-bond acceptors (Lipinski definition) is 4. The Morgan fingerprint density at radius 2 is 1.72 bits per heavy atom. The molecule has 2 aromatic rings. The van der Waals surface area contributed by atoms with Crippen LogP contribution in [0.15, 0.2) is 42.5 Å². The van der Waals surface area contributed by atoms with Crippen LogP contribution in [-0.2, 0) is 17.6 Å². The number of ether oxygens (including phenoxy) is 2. The topological polar surface area (TPSA) is 76.7 Å². The molecule has 0 fully saturated rings. The van der Waals surface area contributed by atoms with Gasteiger partial charge in [0.2, 0.25) is 0 Å². The standard InChI is InChI=1S/C23H28N2O4/c1-3-21(18-10-9-16-7-5-6-8-17(16)15-18)25-22(26)24-19-11-13-20(14-12-19)29-23(27)28-4-2/h9-15,21H,3-8H2,1-2H3,(H2,24,25,26). The van der Waals surface area contributed by atoms with E-state index < -0.39 is 6.16 Å². The predicted octanol–water partition coefficient (Wildman–Crippen LogP) is 5.37. The van der Waals surface area contributed by atoms with Crippen LogP contribution >= 0.6 is 0 Å². The van der Waals surface area contributed by atoms with Crippen molar-refractivity contribution in [2.45, 2.75) is 52.0 Å². The fourth-order valence-electron chi connectivity index (χ4n) is 3.57. The van der Waals surface area contributed by atoms with E-state index in [1.165, 1.54) is 24.0 Å². The molecule has 0 saturated heterocycles. The summed E-state index contributed by atoms with van der Waals surface area (Å²) in [6.07, 6.45) is 4.81. The fraction of sp³-hybridized carbons (Fsp3) is 0.391. The third kappa shape index (κ3) is 5.73. The number of fused-ring (bicyclic) bond motifs is 1. The largest absolute Gasteiger partial charge is 0.513 e. The van der Waals surface area contributed by atoms with E-state index in [0.29, 0.717) is 11.4 Å². The summed E-state index contributed by atoms with van der Waals surface area (Å²) in [5, 5.41) is 5.87. The molecule has 2 N–H and O–H groups in total. The zero-order valence-corrected chi connectivity index (χ0v) is 17.0. The van der Waals surface area contributed by atoms with Gasteiger partial charge in [0.1, 0.15) is 5.75 Å². The van der Waals surface area contributed by atoms with Gasteiger partial charge < -0.3 is 20.1 Å². The van der Waals surface area contributed by atoms with Gasteiger partial charge in [-0.25, -0.2) is 9.59 Å². The molecule has 154 valence electrons. The lowest BCUT2D eigenvalue weighted by atomic mass is 9.89. The summed E-state index contributed by atoms with van der Waals surface area (Å²) >= 11 is 0. The third-order valence-corrected chi connectivity index (χ3v) is 5.06. The Morgan fingerprint density at radius 1 is 1.00 bits per heavy atom. The summed E-state index contributed by atoms with van der Waals surface area (Å²) in [7, 11) is 0. The molecule has 0 spiro atoms. The van der Waals surface area contributed by atoms with Crippen LogP contribution in [0.3, 0.4) is 0 Å². The molecule has 1 unspecified atom stereocenters. The van der Waals surface area contributed by atoms with Crippen molar-refractivity contribution in [3.05, 3.63) is 59.2 Å².